The fourth-order valence-corrected chi connectivity index (χ4v) is 2.51. The minimum atomic E-state index is 0.0958. The highest BCUT2D eigenvalue weighted by atomic mass is 16.1. The van der Waals surface area contributed by atoms with Gasteiger partial charge >= 0.3 is 0 Å². The first-order chi connectivity index (χ1) is 9.74. The summed E-state index contributed by atoms with van der Waals surface area (Å²) in [7, 11) is 0. The predicted octanol–water partition coefficient (Wildman–Crippen LogP) is 2.46. The van der Waals surface area contributed by atoms with Gasteiger partial charge in [-0.2, -0.15) is 0 Å². The quantitative estimate of drug-likeness (QED) is 0.728. The van der Waals surface area contributed by atoms with Crippen LogP contribution in [0.2, 0.25) is 0 Å². The molecule has 112 valence electrons. The van der Waals surface area contributed by atoms with Crippen molar-refractivity contribution >= 4 is 5.91 Å². The molecule has 1 aliphatic rings. The van der Waals surface area contributed by atoms with Crippen molar-refractivity contribution in [1.29, 1.82) is 0 Å². The van der Waals surface area contributed by atoms with Crippen molar-refractivity contribution in [2.24, 2.45) is 5.92 Å². The molecule has 1 unspecified atom stereocenters. The van der Waals surface area contributed by atoms with E-state index >= 15 is 0 Å². The molecule has 1 aliphatic carbocycles. The summed E-state index contributed by atoms with van der Waals surface area (Å²) in [6.07, 6.45) is 8.92. The molecule has 20 heavy (non-hydrogen) atoms. The number of carbonyl (C=O) groups is 1. The van der Waals surface area contributed by atoms with E-state index < -0.39 is 0 Å². The van der Waals surface area contributed by atoms with Gasteiger partial charge in [-0.3, -0.25) is 4.79 Å². The molecule has 1 saturated carbocycles. The number of amides is 1. The lowest BCUT2D eigenvalue weighted by Gasteiger charge is -2.16. The molecule has 4 heteroatoms. The van der Waals surface area contributed by atoms with E-state index in [1.165, 1.54) is 18.4 Å². The molecule has 2 rings (SSSR count). The van der Waals surface area contributed by atoms with Gasteiger partial charge in [0.15, 0.2) is 0 Å². The normalized spacial score (nSPS) is 16.1. The van der Waals surface area contributed by atoms with Gasteiger partial charge in [0.2, 0.25) is 5.91 Å². The average molecular weight is 277 g/mol. The number of nitrogens with zero attached hydrogens (tertiary/aromatic N) is 1. The van der Waals surface area contributed by atoms with Crippen LogP contribution < -0.4 is 10.6 Å². The van der Waals surface area contributed by atoms with Crippen LogP contribution in [-0.2, 0) is 11.3 Å². The van der Waals surface area contributed by atoms with Crippen molar-refractivity contribution in [3.05, 3.63) is 24.0 Å². The molecule has 1 atom stereocenters. The number of hydrogen-bond donors (Lipinski definition) is 2. The maximum absolute atomic E-state index is 11.7. The van der Waals surface area contributed by atoms with E-state index in [0.29, 0.717) is 12.6 Å². The molecule has 0 aliphatic heterocycles. The fourth-order valence-electron chi connectivity index (χ4n) is 2.51. The Kier molecular flexibility index (Phi) is 5.65. The van der Waals surface area contributed by atoms with E-state index in [9.17, 15) is 4.79 Å². The molecule has 0 radical (unpaired) electrons. The van der Waals surface area contributed by atoms with Gasteiger partial charge in [0.05, 0.1) is 0 Å². The van der Waals surface area contributed by atoms with Gasteiger partial charge in [-0.05, 0) is 49.8 Å². The second-order valence-corrected chi connectivity index (χ2v) is 5.74. The molecule has 1 aromatic rings. The molecule has 1 aromatic heterocycles. The largest absolute Gasteiger partial charge is 0.355 e. The Hall–Kier alpha value is -1.29. The fraction of sp³-hybridized carbons (Fsp3) is 0.688. The van der Waals surface area contributed by atoms with Crippen molar-refractivity contribution in [1.82, 2.24) is 15.2 Å². The number of nitrogens with one attached hydrogen (secondary N) is 2. The van der Waals surface area contributed by atoms with E-state index in [1.807, 2.05) is 10.8 Å². The lowest BCUT2D eigenvalue weighted by atomic mass is 10.1. The van der Waals surface area contributed by atoms with Gasteiger partial charge in [-0.25, -0.2) is 0 Å². The molecule has 0 saturated heterocycles. The molecule has 2 N–H and O–H groups in total. The van der Waals surface area contributed by atoms with E-state index in [1.54, 1.807) is 0 Å². The number of carbonyl (C=O) groups excluding carboxylic acids is 1. The SMILES string of the molecule is CCCNC(=O)Cn1ccc(C(NCCC)C2CC2)c1. The van der Waals surface area contributed by atoms with Crippen molar-refractivity contribution in [3.8, 4) is 0 Å². The van der Waals surface area contributed by atoms with Crippen molar-refractivity contribution < 1.29 is 4.79 Å². The van der Waals surface area contributed by atoms with Crippen molar-refractivity contribution in [2.45, 2.75) is 52.1 Å². The summed E-state index contributed by atoms with van der Waals surface area (Å²) in [6.45, 7) is 6.50. The minimum absolute atomic E-state index is 0.0958. The first-order valence-corrected chi connectivity index (χ1v) is 7.90. The second-order valence-electron chi connectivity index (χ2n) is 5.74. The number of aromatic nitrogens is 1. The van der Waals surface area contributed by atoms with Gasteiger partial charge in [0, 0.05) is 25.0 Å². The highest BCUT2D eigenvalue weighted by Crippen LogP contribution is 2.41. The standard InChI is InChI=1S/C16H27N3O/c1-3-8-17-15(20)12-19-10-7-14(11-19)16(13-5-6-13)18-9-4-2/h7,10-11,13,16,18H,3-6,8-9,12H2,1-2H3,(H,17,20). The predicted molar refractivity (Wildman–Crippen MR) is 81.5 cm³/mol. The van der Waals surface area contributed by atoms with Crippen molar-refractivity contribution in [2.75, 3.05) is 13.1 Å². The highest BCUT2D eigenvalue weighted by molar-refractivity contribution is 5.75. The van der Waals surface area contributed by atoms with E-state index in [-0.39, 0.29) is 5.91 Å². The maximum Gasteiger partial charge on any atom is 0.239 e. The Labute approximate surface area is 121 Å². The summed E-state index contributed by atoms with van der Waals surface area (Å²) in [4.78, 5) is 11.7. The third-order valence-corrected chi connectivity index (χ3v) is 3.74. The summed E-state index contributed by atoms with van der Waals surface area (Å²) < 4.78 is 1.99. The monoisotopic (exact) mass is 277 g/mol. The van der Waals surface area contributed by atoms with Gasteiger partial charge < -0.3 is 15.2 Å². The molecule has 1 amide bonds. The van der Waals surface area contributed by atoms with Crippen LogP contribution in [0.4, 0.5) is 0 Å². The first-order valence-electron chi connectivity index (χ1n) is 7.90. The van der Waals surface area contributed by atoms with Crippen LogP contribution in [0, 0.1) is 5.92 Å². The Bertz CT molecular complexity index is 423. The van der Waals surface area contributed by atoms with Crippen LogP contribution in [0.1, 0.15) is 51.1 Å². The molecule has 1 heterocycles. The molecule has 0 aromatic carbocycles. The number of rotatable bonds is 9. The Morgan fingerprint density at radius 3 is 2.75 bits per heavy atom. The summed E-state index contributed by atoms with van der Waals surface area (Å²) in [5.74, 6) is 0.879. The lowest BCUT2D eigenvalue weighted by Crippen LogP contribution is -2.27. The topological polar surface area (TPSA) is 46.1 Å². The van der Waals surface area contributed by atoms with Gasteiger partial charge in [-0.1, -0.05) is 13.8 Å². The molecule has 0 spiro atoms. The van der Waals surface area contributed by atoms with E-state index in [4.69, 9.17) is 0 Å². The average Bonchev–Trinajstić information content (AvgIpc) is 3.17. The molecule has 1 fully saturated rings. The molecular formula is C16H27N3O. The summed E-state index contributed by atoms with van der Waals surface area (Å²) in [6, 6.07) is 2.62. The Morgan fingerprint density at radius 2 is 2.10 bits per heavy atom. The Morgan fingerprint density at radius 1 is 1.35 bits per heavy atom. The molecule has 4 nitrogen and oxygen atoms in total. The van der Waals surface area contributed by atoms with Crippen LogP contribution in [0.15, 0.2) is 18.5 Å². The Balaban J connectivity index is 1.91. The summed E-state index contributed by atoms with van der Waals surface area (Å²) >= 11 is 0. The van der Waals surface area contributed by atoms with Crippen LogP contribution in [-0.4, -0.2) is 23.6 Å². The first kappa shape index (κ1) is 15.1. The van der Waals surface area contributed by atoms with E-state index in [0.717, 1.165) is 31.8 Å². The minimum Gasteiger partial charge on any atom is -0.355 e. The van der Waals surface area contributed by atoms with Gasteiger partial charge in [0.25, 0.3) is 0 Å². The van der Waals surface area contributed by atoms with Gasteiger partial charge in [0.1, 0.15) is 6.54 Å². The number of hydrogen-bond acceptors (Lipinski definition) is 2. The van der Waals surface area contributed by atoms with Crippen LogP contribution in [0.5, 0.6) is 0 Å². The zero-order valence-corrected chi connectivity index (χ0v) is 12.7. The van der Waals surface area contributed by atoms with Crippen LogP contribution in [0.25, 0.3) is 0 Å². The zero-order chi connectivity index (χ0) is 14.4. The maximum atomic E-state index is 11.7. The van der Waals surface area contributed by atoms with E-state index in [2.05, 4.69) is 36.7 Å². The third kappa shape index (κ3) is 4.37. The molecular weight excluding hydrogens is 250 g/mol. The second kappa shape index (κ2) is 7.48. The van der Waals surface area contributed by atoms with Crippen LogP contribution >= 0.6 is 0 Å². The zero-order valence-electron chi connectivity index (χ0n) is 12.7. The lowest BCUT2D eigenvalue weighted by molar-refractivity contribution is -0.121. The highest BCUT2D eigenvalue weighted by Gasteiger charge is 2.32. The summed E-state index contributed by atoms with van der Waals surface area (Å²) in [5, 5.41) is 6.55. The van der Waals surface area contributed by atoms with Crippen LogP contribution in [0.3, 0.4) is 0 Å². The van der Waals surface area contributed by atoms with Crippen molar-refractivity contribution in [3.63, 3.8) is 0 Å². The molecule has 0 bridgehead atoms. The summed E-state index contributed by atoms with van der Waals surface area (Å²) in [5.41, 5.74) is 1.32. The third-order valence-electron chi connectivity index (χ3n) is 3.74. The van der Waals surface area contributed by atoms with Gasteiger partial charge in [-0.15, -0.1) is 0 Å². The smallest absolute Gasteiger partial charge is 0.239 e.